The van der Waals surface area contributed by atoms with E-state index in [-0.39, 0.29) is 24.8 Å². The van der Waals surface area contributed by atoms with Crippen molar-refractivity contribution in [3.8, 4) is 0 Å². The molecule has 0 saturated heterocycles. The molecule has 3 aromatic carbocycles. The Balaban J connectivity index is 2.13. The van der Waals surface area contributed by atoms with Gasteiger partial charge in [-0.1, -0.05) is 91.6 Å². The third-order valence-electron chi connectivity index (χ3n) is 6.71. The van der Waals surface area contributed by atoms with Gasteiger partial charge in [0.2, 0.25) is 21.8 Å². The van der Waals surface area contributed by atoms with Crippen LogP contribution in [0.15, 0.2) is 66.7 Å². The zero-order valence-corrected chi connectivity index (χ0v) is 26.4. The Bertz CT molecular complexity index is 1440. The number of carbonyl (C=O) groups excluding carboxylic acids is 2. The van der Waals surface area contributed by atoms with E-state index in [0.29, 0.717) is 39.0 Å². The predicted octanol–water partition coefficient (Wildman–Crippen LogP) is 5.79. The third kappa shape index (κ3) is 8.71. The summed E-state index contributed by atoms with van der Waals surface area (Å²) in [4.78, 5) is 29.4. The Morgan fingerprint density at radius 3 is 1.98 bits per heavy atom. The van der Waals surface area contributed by atoms with E-state index in [4.69, 9.17) is 23.2 Å². The quantitative estimate of drug-likeness (QED) is 0.279. The van der Waals surface area contributed by atoms with Crippen LogP contribution in [-0.4, -0.2) is 50.5 Å². The maximum atomic E-state index is 14.3. The molecule has 3 aromatic rings. The maximum absolute atomic E-state index is 14.3. The molecule has 0 bridgehead atoms. The number of nitrogens with one attached hydrogen (secondary N) is 1. The van der Waals surface area contributed by atoms with Crippen LogP contribution in [0.25, 0.3) is 0 Å². The summed E-state index contributed by atoms with van der Waals surface area (Å²) in [6, 6.07) is 18.8. The monoisotopic (exact) mass is 617 g/mol. The van der Waals surface area contributed by atoms with Crippen molar-refractivity contribution >= 4 is 50.7 Å². The summed E-state index contributed by atoms with van der Waals surface area (Å²) in [6.07, 6.45) is 1.28. The van der Waals surface area contributed by atoms with Crippen LogP contribution in [0.1, 0.15) is 36.1 Å². The highest BCUT2D eigenvalue weighted by Crippen LogP contribution is 2.29. The molecule has 0 aromatic heterocycles. The number of halogens is 2. The zero-order valence-electron chi connectivity index (χ0n) is 24.0. The minimum Gasteiger partial charge on any atom is -0.354 e. The second kappa shape index (κ2) is 14.2. The van der Waals surface area contributed by atoms with Gasteiger partial charge in [0, 0.05) is 35.1 Å². The van der Waals surface area contributed by atoms with Gasteiger partial charge in [-0.3, -0.25) is 13.9 Å². The number of sulfonamides is 1. The summed E-state index contributed by atoms with van der Waals surface area (Å²) in [7, 11) is -3.87. The Hall–Kier alpha value is -3.07. The Morgan fingerprint density at radius 1 is 0.878 bits per heavy atom. The van der Waals surface area contributed by atoms with Gasteiger partial charge in [-0.25, -0.2) is 8.42 Å². The van der Waals surface area contributed by atoms with Crippen molar-refractivity contribution in [2.24, 2.45) is 5.92 Å². The summed E-state index contributed by atoms with van der Waals surface area (Å²) in [6.45, 7) is 7.37. The predicted molar refractivity (Wildman–Crippen MR) is 167 cm³/mol. The molecule has 0 spiro atoms. The Labute approximate surface area is 253 Å². The number of rotatable bonds is 12. The molecule has 0 aliphatic rings. The van der Waals surface area contributed by atoms with Gasteiger partial charge < -0.3 is 10.2 Å². The van der Waals surface area contributed by atoms with Crippen molar-refractivity contribution in [3.63, 3.8) is 0 Å². The minimum absolute atomic E-state index is 0.0890. The molecule has 220 valence electrons. The fraction of sp³-hybridized carbons (Fsp3) is 0.355. The number of anilines is 1. The first kappa shape index (κ1) is 32.4. The molecular weight excluding hydrogens is 581 g/mol. The minimum atomic E-state index is -3.87. The number of para-hydroxylation sites is 1. The molecule has 1 N–H and O–H groups in total. The van der Waals surface area contributed by atoms with Gasteiger partial charge in [0.1, 0.15) is 12.6 Å². The van der Waals surface area contributed by atoms with Crippen LogP contribution in [0, 0.1) is 19.8 Å². The van der Waals surface area contributed by atoms with Crippen molar-refractivity contribution in [3.05, 3.63) is 99.0 Å². The standard InChI is InChI=1S/C31H37Cl2N3O4S/c1-21(2)18-34-31(38)28(17-24-13-7-6-8-14-24)35(19-25-26(32)15-10-16-27(25)33)29(37)20-36(41(5,39)40)30-22(3)11-9-12-23(30)4/h6-16,21,28H,17-20H2,1-5H3,(H,34,38)/t28-/m0/s1. The van der Waals surface area contributed by atoms with E-state index in [1.807, 2.05) is 50.2 Å². The van der Waals surface area contributed by atoms with Crippen LogP contribution >= 0.6 is 23.2 Å². The lowest BCUT2D eigenvalue weighted by Gasteiger charge is -2.34. The number of carbonyl (C=O) groups is 2. The molecule has 0 saturated carbocycles. The largest absolute Gasteiger partial charge is 0.354 e. The van der Waals surface area contributed by atoms with Crippen LogP contribution in [-0.2, 0) is 32.6 Å². The SMILES string of the molecule is Cc1cccc(C)c1N(CC(=O)N(Cc1c(Cl)cccc1Cl)[C@@H](Cc1ccccc1)C(=O)NCC(C)C)S(C)(=O)=O. The number of nitrogens with zero attached hydrogens (tertiary/aromatic N) is 2. The fourth-order valence-corrected chi connectivity index (χ4v) is 6.09. The average Bonchev–Trinajstić information content (AvgIpc) is 2.90. The highest BCUT2D eigenvalue weighted by atomic mass is 35.5. The molecule has 2 amide bonds. The highest BCUT2D eigenvalue weighted by Gasteiger charge is 2.34. The van der Waals surface area contributed by atoms with E-state index in [1.165, 1.54) is 4.90 Å². The molecule has 0 heterocycles. The van der Waals surface area contributed by atoms with E-state index >= 15 is 0 Å². The summed E-state index contributed by atoms with van der Waals surface area (Å²) >= 11 is 13.0. The van der Waals surface area contributed by atoms with Gasteiger partial charge >= 0.3 is 0 Å². The van der Waals surface area contributed by atoms with Crippen LogP contribution in [0.4, 0.5) is 5.69 Å². The van der Waals surface area contributed by atoms with Crippen LogP contribution in [0.5, 0.6) is 0 Å². The lowest BCUT2D eigenvalue weighted by molar-refractivity contribution is -0.140. The first-order chi connectivity index (χ1) is 19.3. The molecule has 0 fully saturated rings. The lowest BCUT2D eigenvalue weighted by atomic mass is 10.0. The van der Waals surface area contributed by atoms with Crippen molar-refractivity contribution in [2.75, 3.05) is 23.7 Å². The van der Waals surface area contributed by atoms with Gasteiger partial charge in [0.15, 0.2) is 0 Å². The van der Waals surface area contributed by atoms with Crippen molar-refractivity contribution < 1.29 is 18.0 Å². The van der Waals surface area contributed by atoms with E-state index in [2.05, 4.69) is 5.32 Å². The topological polar surface area (TPSA) is 86.8 Å². The van der Waals surface area contributed by atoms with Gasteiger partial charge in [-0.15, -0.1) is 0 Å². The molecular formula is C31H37Cl2N3O4S. The van der Waals surface area contributed by atoms with Gasteiger partial charge in [-0.2, -0.15) is 0 Å². The van der Waals surface area contributed by atoms with Crippen LogP contribution in [0.2, 0.25) is 10.0 Å². The van der Waals surface area contributed by atoms with Gasteiger partial charge in [-0.05, 0) is 48.6 Å². The molecule has 0 aliphatic carbocycles. The highest BCUT2D eigenvalue weighted by molar-refractivity contribution is 7.92. The summed E-state index contributed by atoms with van der Waals surface area (Å²) < 4.78 is 27.2. The Morgan fingerprint density at radius 2 is 1.44 bits per heavy atom. The normalized spacial score (nSPS) is 12.2. The molecule has 41 heavy (non-hydrogen) atoms. The summed E-state index contributed by atoms with van der Waals surface area (Å²) in [5.41, 5.74) is 3.16. The molecule has 7 nitrogen and oxygen atoms in total. The number of amides is 2. The number of hydrogen-bond donors (Lipinski definition) is 1. The van der Waals surface area contributed by atoms with Crippen LogP contribution < -0.4 is 9.62 Å². The molecule has 0 aliphatic heterocycles. The second-order valence-electron chi connectivity index (χ2n) is 10.6. The zero-order chi connectivity index (χ0) is 30.3. The Kier molecular flexibility index (Phi) is 11.2. The van der Waals surface area contributed by atoms with Crippen molar-refractivity contribution in [2.45, 2.75) is 46.7 Å². The smallest absolute Gasteiger partial charge is 0.244 e. The first-order valence-electron chi connectivity index (χ1n) is 13.4. The van der Waals surface area contributed by atoms with Crippen LogP contribution in [0.3, 0.4) is 0 Å². The first-order valence-corrected chi connectivity index (χ1v) is 16.0. The average molecular weight is 619 g/mol. The van der Waals surface area contributed by atoms with Gasteiger partial charge in [0.05, 0.1) is 11.9 Å². The molecule has 0 unspecified atom stereocenters. The molecule has 1 atom stereocenters. The molecule has 3 rings (SSSR count). The number of hydrogen-bond acceptors (Lipinski definition) is 4. The number of aryl methyl sites for hydroxylation is 2. The summed E-state index contributed by atoms with van der Waals surface area (Å²) in [5.74, 6) is -0.727. The lowest BCUT2D eigenvalue weighted by Crippen LogP contribution is -2.53. The number of benzene rings is 3. The van der Waals surface area contributed by atoms with E-state index in [1.54, 1.807) is 44.2 Å². The molecule has 10 heteroatoms. The molecule has 0 radical (unpaired) electrons. The fourth-order valence-electron chi connectivity index (χ4n) is 4.61. The third-order valence-corrected chi connectivity index (χ3v) is 8.53. The van der Waals surface area contributed by atoms with E-state index in [9.17, 15) is 18.0 Å². The summed E-state index contributed by atoms with van der Waals surface area (Å²) in [5, 5.41) is 3.63. The maximum Gasteiger partial charge on any atom is 0.244 e. The van der Waals surface area contributed by atoms with E-state index in [0.717, 1.165) is 16.1 Å². The van der Waals surface area contributed by atoms with Crippen molar-refractivity contribution in [1.82, 2.24) is 10.2 Å². The van der Waals surface area contributed by atoms with Gasteiger partial charge in [0.25, 0.3) is 0 Å². The van der Waals surface area contributed by atoms with Crippen molar-refractivity contribution in [1.29, 1.82) is 0 Å². The second-order valence-corrected chi connectivity index (χ2v) is 13.3. The van der Waals surface area contributed by atoms with E-state index < -0.39 is 28.5 Å².